The number of para-hydroxylation sites is 2. The lowest BCUT2D eigenvalue weighted by Gasteiger charge is -2.34. The van der Waals surface area contributed by atoms with E-state index in [1.165, 1.54) is 0 Å². The fourth-order valence-corrected chi connectivity index (χ4v) is 2.80. The van der Waals surface area contributed by atoms with Crippen LogP contribution in [0.15, 0.2) is 53.0 Å². The molecule has 4 heteroatoms. The predicted molar refractivity (Wildman–Crippen MR) is 89.8 cm³/mol. The van der Waals surface area contributed by atoms with Gasteiger partial charge in [0.05, 0.1) is 24.9 Å². The molecule has 112 valence electrons. The quantitative estimate of drug-likeness (QED) is 0.822. The Bertz CT molecular complexity index is 597. The Balaban J connectivity index is 2.43. The van der Waals surface area contributed by atoms with Crippen molar-refractivity contribution in [1.82, 2.24) is 0 Å². The van der Waals surface area contributed by atoms with Crippen molar-refractivity contribution < 1.29 is 9.84 Å². The minimum Gasteiger partial charge on any atom is -0.495 e. The SMILES string of the molecule is CCC(CO)(Nc1ccccc1OC)c1cccc(Br)c1. The first-order valence-electron chi connectivity index (χ1n) is 6.93. The molecule has 0 aliphatic heterocycles. The highest BCUT2D eigenvalue weighted by Gasteiger charge is 2.30. The number of hydrogen-bond acceptors (Lipinski definition) is 3. The molecule has 2 aromatic carbocycles. The van der Waals surface area contributed by atoms with E-state index in [-0.39, 0.29) is 6.61 Å². The van der Waals surface area contributed by atoms with E-state index in [1.54, 1.807) is 7.11 Å². The van der Waals surface area contributed by atoms with Crippen LogP contribution in [0.3, 0.4) is 0 Å². The standard InChI is InChI=1S/C17H20BrNO2/c1-3-17(12-20,13-7-6-8-14(18)11-13)19-15-9-4-5-10-16(15)21-2/h4-11,19-20H,3,12H2,1-2H3. The average Bonchev–Trinajstić information content (AvgIpc) is 2.53. The van der Waals surface area contributed by atoms with Crippen molar-refractivity contribution in [3.8, 4) is 5.75 Å². The Morgan fingerprint density at radius 2 is 1.95 bits per heavy atom. The zero-order chi connectivity index (χ0) is 15.3. The molecule has 0 spiro atoms. The number of anilines is 1. The van der Waals surface area contributed by atoms with Crippen LogP contribution in [0.1, 0.15) is 18.9 Å². The number of benzene rings is 2. The molecule has 0 radical (unpaired) electrons. The Morgan fingerprint density at radius 3 is 2.57 bits per heavy atom. The molecule has 0 fully saturated rings. The molecule has 0 bridgehead atoms. The summed E-state index contributed by atoms with van der Waals surface area (Å²) in [4.78, 5) is 0. The second-order valence-electron chi connectivity index (χ2n) is 4.93. The minimum absolute atomic E-state index is 0.00198. The molecule has 0 saturated heterocycles. The van der Waals surface area contributed by atoms with Crippen LogP contribution in [-0.4, -0.2) is 18.8 Å². The largest absolute Gasteiger partial charge is 0.495 e. The fraction of sp³-hybridized carbons (Fsp3) is 0.294. The normalized spacial score (nSPS) is 13.5. The summed E-state index contributed by atoms with van der Waals surface area (Å²) < 4.78 is 6.38. The van der Waals surface area contributed by atoms with Gasteiger partial charge in [0.1, 0.15) is 5.75 Å². The topological polar surface area (TPSA) is 41.5 Å². The van der Waals surface area contributed by atoms with Gasteiger partial charge in [-0.3, -0.25) is 0 Å². The lowest BCUT2D eigenvalue weighted by atomic mass is 9.87. The molecule has 1 unspecified atom stereocenters. The van der Waals surface area contributed by atoms with Gasteiger partial charge in [-0.25, -0.2) is 0 Å². The first-order chi connectivity index (χ1) is 10.1. The molecule has 2 N–H and O–H groups in total. The average molecular weight is 350 g/mol. The second kappa shape index (κ2) is 6.96. The molecule has 1 atom stereocenters. The number of halogens is 1. The van der Waals surface area contributed by atoms with E-state index < -0.39 is 5.54 Å². The minimum atomic E-state index is -0.543. The van der Waals surface area contributed by atoms with Crippen molar-refractivity contribution in [2.45, 2.75) is 18.9 Å². The molecule has 0 heterocycles. The smallest absolute Gasteiger partial charge is 0.141 e. The number of methoxy groups -OCH3 is 1. The highest BCUT2D eigenvalue weighted by Crippen LogP contribution is 2.34. The van der Waals surface area contributed by atoms with Gasteiger partial charge in [0, 0.05) is 4.47 Å². The molecular weight excluding hydrogens is 330 g/mol. The molecule has 0 aromatic heterocycles. The number of ether oxygens (including phenoxy) is 1. The van der Waals surface area contributed by atoms with Gasteiger partial charge in [-0.1, -0.05) is 47.1 Å². The molecule has 21 heavy (non-hydrogen) atoms. The summed E-state index contributed by atoms with van der Waals surface area (Å²) in [5, 5.41) is 13.5. The number of aliphatic hydroxyl groups is 1. The van der Waals surface area contributed by atoms with E-state index in [2.05, 4.69) is 28.2 Å². The lowest BCUT2D eigenvalue weighted by Crippen LogP contribution is -2.38. The van der Waals surface area contributed by atoms with E-state index in [9.17, 15) is 5.11 Å². The highest BCUT2D eigenvalue weighted by atomic mass is 79.9. The van der Waals surface area contributed by atoms with Gasteiger partial charge in [-0.05, 0) is 36.2 Å². The van der Waals surface area contributed by atoms with Crippen LogP contribution >= 0.6 is 15.9 Å². The van der Waals surface area contributed by atoms with Crippen molar-refractivity contribution in [3.63, 3.8) is 0 Å². The van der Waals surface area contributed by atoms with Crippen molar-refractivity contribution in [2.75, 3.05) is 19.0 Å². The molecular formula is C17H20BrNO2. The van der Waals surface area contributed by atoms with Crippen molar-refractivity contribution in [3.05, 3.63) is 58.6 Å². The summed E-state index contributed by atoms with van der Waals surface area (Å²) in [6.45, 7) is 2.05. The zero-order valence-corrected chi connectivity index (χ0v) is 13.9. The van der Waals surface area contributed by atoms with Gasteiger partial charge in [-0.15, -0.1) is 0 Å². The van der Waals surface area contributed by atoms with Gasteiger partial charge in [-0.2, -0.15) is 0 Å². The number of aliphatic hydroxyl groups excluding tert-OH is 1. The Kier molecular flexibility index (Phi) is 5.26. The van der Waals surface area contributed by atoms with Crippen LogP contribution in [0.25, 0.3) is 0 Å². The monoisotopic (exact) mass is 349 g/mol. The maximum Gasteiger partial charge on any atom is 0.141 e. The van der Waals surface area contributed by atoms with Gasteiger partial charge >= 0.3 is 0 Å². The number of rotatable bonds is 6. The Hall–Kier alpha value is -1.52. The van der Waals surface area contributed by atoms with Crippen LogP contribution in [0.4, 0.5) is 5.69 Å². The van der Waals surface area contributed by atoms with E-state index in [0.29, 0.717) is 0 Å². The Morgan fingerprint density at radius 1 is 1.19 bits per heavy atom. The summed E-state index contributed by atoms with van der Waals surface area (Å²) in [6, 6.07) is 15.7. The predicted octanol–water partition coefficient (Wildman–Crippen LogP) is 4.17. The van der Waals surface area contributed by atoms with E-state index in [0.717, 1.165) is 27.9 Å². The number of nitrogens with one attached hydrogen (secondary N) is 1. The maximum absolute atomic E-state index is 10.0. The maximum atomic E-state index is 10.0. The van der Waals surface area contributed by atoms with E-state index >= 15 is 0 Å². The summed E-state index contributed by atoms with van der Waals surface area (Å²) in [5.41, 5.74) is 1.36. The third kappa shape index (κ3) is 3.39. The molecule has 2 aromatic rings. The molecule has 0 saturated carbocycles. The van der Waals surface area contributed by atoms with Crippen LogP contribution < -0.4 is 10.1 Å². The first-order valence-corrected chi connectivity index (χ1v) is 7.72. The van der Waals surface area contributed by atoms with Gasteiger partial charge in [0.15, 0.2) is 0 Å². The zero-order valence-electron chi connectivity index (χ0n) is 12.3. The highest BCUT2D eigenvalue weighted by molar-refractivity contribution is 9.10. The van der Waals surface area contributed by atoms with Crippen molar-refractivity contribution in [2.24, 2.45) is 0 Å². The van der Waals surface area contributed by atoms with E-state index in [4.69, 9.17) is 4.74 Å². The van der Waals surface area contributed by atoms with E-state index in [1.807, 2.05) is 48.5 Å². The van der Waals surface area contributed by atoms with Crippen molar-refractivity contribution >= 4 is 21.6 Å². The first kappa shape index (κ1) is 15.9. The summed E-state index contributed by atoms with van der Waals surface area (Å²) in [6.07, 6.45) is 0.748. The third-order valence-corrected chi connectivity index (χ3v) is 4.22. The molecule has 0 aliphatic carbocycles. The molecule has 0 amide bonds. The second-order valence-corrected chi connectivity index (χ2v) is 5.85. The van der Waals surface area contributed by atoms with Crippen LogP contribution in [0.2, 0.25) is 0 Å². The summed E-state index contributed by atoms with van der Waals surface area (Å²) in [7, 11) is 1.65. The van der Waals surface area contributed by atoms with Crippen LogP contribution in [0, 0.1) is 0 Å². The number of hydrogen-bond donors (Lipinski definition) is 2. The molecule has 3 nitrogen and oxygen atoms in total. The molecule has 0 aliphatic rings. The third-order valence-electron chi connectivity index (χ3n) is 3.73. The summed E-state index contributed by atoms with van der Waals surface area (Å²) >= 11 is 3.49. The Labute approximate surface area is 134 Å². The van der Waals surface area contributed by atoms with Gasteiger partial charge in [0.25, 0.3) is 0 Å². The molecule has 2 rings (SSSR count). The van der Waals surface area contributed by atoms with Gasteiger partial charge in [0.2, 0.25) is 0 Å². The van der Waals surface area contributed by atoms with Crippen LogP contribution in [-0.2, 0) is 5.54 Å². The van der Waals surface area contributed by atoms with Gasteiger partial charge < -0.3 is 15.2 Å². The lowest BCUT2D eigenvalue weighted by molar-refractivity contribution is 0.207. The van der Waals surface area contributed by atoms with Crippen molar-refractivity contribution in [1.29, 1.82) is 0 Å². The van der Waals surface area contributed by atoms with Crippen LogP contribution in [0.5, 0.6) is 5.75 Å². The summed E-state index contributed by atoms with van der Waals surface area (Å²) in [5.74, 6) is 0.763. The fourth-order valence-electron chi connectivity index (χ4n) is 2.40.